The molecule has 10 N–H and O–H groups in total. The van der Waals surface area contributed by atoms with Gasteiger partial charge in [0.2, 0.25) is 35.4 Å². The van der Waals surface area contributed by atoms with Crippen LogP contribution in [-0.2, 0) is 28.8 Å². The maximum absolute atomic E-state index is 14.6. The Kier molecular flexibility index (Phi) is 21.2. The van der Waals surface area contributed by atoms with Gasteiger partial charge in [-0.15, -0.1) is 12.4 Å². The van der Waals surface area contributed by atoms with Crippen LogP contribution in [0, 0.1) is 24.7 Å². The molecule has 0 radical (unpaired) electrons. The van der Waals surface area contributed by atoms with E-state index in [1.165, 1.54) is 28.0 Å². The maximum Gasteiger partial charge on any atom is 0.251 e. The number of benzene rings is 3. The standard InChI is InChI=1S/C56H81N11O8.ClH/c1-30-15-19-36(20-16-30)32(3)60-51(72)43-26-41(28-66(43)53(74)45(55(7,8)9)64-47(68)34(5)58-13)62-49(70)38-23-39(25-40(57)24-38)50(71)63-42-27-44(52(73)61-33(4)37-21-17-31(2)18-22-37)67(29-42)54(75)46(56(10,11)12)65-48(69)35(6)59-14;/h15-25,32-35,41-46,58-59H,26-29,57H2,1-14H3,(H,60,72)(H,61,73)(H,62,70)(H,63,71)(H,64,68)(H,65,69);1H/t32-,33-,34+,35+,41+,42+,43+,44+,45-,46-;/m1./s1. The van der Waals surface area contributed by atoms with Crippen molar-refractivity contribution in [1.82, 2.24) is 52.3 Å². The Bertz CT molecular complexity index is 2410. The first-order chi connectivity index (χ1) is 35.0. The molecule has 20 heteroatoms. The van der Waals surface area contributed by atoms with E-state index in [1.54, 1.807) is 27.9 Å². The van der Waals surface area contributed by atoms with Gasteiger partial charge in [-0.1, -0.05) is 101 Å². The first-order valence-corrected chi connectivity index (χ1v) is 25.8. The van der Waals surface area contributed by atoms with E-state index < -0.39 is 119 Å². The number of halogens is 1. The van der Waals surface area contributed by atoms with E-state index >= 15 is 0 Å². The maximum atomic E-state index is 14.6. The topological polar surface area (TPSA) is 265 Å². The largest absolute Gasteiger partial charge is 0.399 e. The van der Waals surface area contributed by atoms with E-state index in [2.05, 4.69) is 42.5 Å². The third-order valence-corrected chi connectivity index (χ3v) is 14.2. The molecule has 76 heavy (non-hydrogen) atoms. The molecule has 8 amide bonds. The van der Waals surface area contributed by atoms with Crippen LogP contribution in [0.4, 0.5) is 5.69 Å². The summed E-state index contributed by atoms with van der Waals surface area (Å²) in [5.74, 6) is -3.88. The van der Waals surface area contributed by atoms with E-state index in [0.717, 1.165) is 22.3 Å². The number of rotatable bonds is 18. The van der Waals surface area contributed by atoms with E-state index in [0.29, 0.717) is 0 Å². The predicted octanol–water partition coefficient (Wildman–Crippen LogP) is 3.74. The molecule has 0 saturated carbocycles. The summed E-state index contributed by atoms with van der Waals surface area (Å²) in [6, 6.07) is 12.0. The molecule has 5 rings (SSSR count). The zero-order valence-electron chi connectivity index (χ0n) is 46.6. The minimum Gasteiger partial charge on any atom is -0.399 e. The zero-order valence-corrected chi connectivity index (χ0v) is 47.4. The number of carbonyl (C=O) groups is 8. The highest BCUT2D eigenvalue weighted by Crippen LogP contribution is 2.30. The molecule has 2 heterocycles. The number of nitrogens with two attached hydrogens (primary N) is 1. The van der Waals surface area contributed by atoms with Gasteiger partial charge in [0.05, 0.1) is 24.2 Å². The summed E-state index contributed by atoms with van der Waals surface area (Å²) in [4.78, 5) is 115. The summed E-state index contributed by atoms with van der Waals surface area (Å²) >= 11 is 0. The van der Waals surface area contributed by atoms with Crippen molar-refractivity contribution < 1.29 is 38.4 Å². The highest BCUT2D eigenvalue weighted by Gasteiger charge is 2.47. The fraction of sp³-hybridized carbons (Fsp3) is 0.536. The second-order valence-corrected chi connectivity index (χ2v) is 22.6. The lowest BCUT2D eigenvalue weighted by molar-refractivity contribution is -0.144. The molecule has 2 aliphatic rings. The molecule has 10 atom stereocenters. The molecule has 2 fully saturated rings. The Hall–Kier alpha value is -6.57. The van der Waals surface area contributed by atoms with Crippen LogP contribution >= 0.6 is 12.4 Å². The minimum atomic E-state index is -1.03. The van der Waals surface area contributed by atoms with E-state index in [1.807, 2.05) is 118 Å². The summed E-state index contributed by atoms with van der Waals surface area (Å²) in [5.41, 5.74) is 8.80. The van der Waals surface area contributed by atoms with Gasteiger partial charge < -0.3 is 58.1 Å². The lowest BCUT2D eigenvalue weighted by Crippen LogP contribution is -2.59. The highest BCUT2D eigenvalue weighted by molar-refractivity contribution is 6.02. The van der Waals surface area contributed by atoms with Crippen molar-refractivity contribution in [3.63, 3.8) is 0 Å². The van der Waals surface area contributed by atoms with Gasteiger partial charge in [0.15, 0.2) is 0 Å². The predicted molar refractivity (Wildman–Crippen MR) is 296 cm³/mol. The van der Waals surface area contributed by atoms with Gasteiger partial charge in [-0.2, -0.15) is 0 Å². The van der Waals surface area contributed by atoms with Crippen molar-refractivity contribution in [2.45, 2.75) is 156 Å². The van der Waals surface area contributed by atoms with Crippen LogP contribution in [0.5, 0.6) is 0 Å². The van der Waals surface area contributed by atoms with Crippen molar-refractivity contribution in [3.05, 3.63) is 100 Å². The van der Waals surface area contributed by atoms with Crippen LogP contribution in [0.15, 0.2) is 66.7 Å². The molecule has 0 unspecified atom stereocenters. The fourth-order valence-electron chi connectivity index (χ4n) is 9.24. The minimum absolute atomic E-state index is 0. The van der Waals surface area contributed by atoms with Crippen LogP contribution in [-0.4, -0.2) is 133 Å². The van der Waals surface area contributed by atoms with Crippen LogP contribution in [0.1, 0.15) is 137 Å². The average molecular weight is 1070 g/mol. The normalized spacial score (nSPS) is 19.9. The van der Waals surface area contributed by atoms with Crippen molar-refractivity contribution in [3.8, 4) is 0 Å². The van der Waals surface area contributed by atoms with Gasteiger partial charge in [-0.05, 0) is 109 Å². The van der Waals surface area contributed by atoms with Crippen molar-refractivity contribution in [1.29, 1.82) is 0 Å². The molecule has 416 valence electrons. The SMILES string of the molecule is CN[C@@H](C)C(=O)N[C@H](C(=O)N1C[C@@H](NC(=O)c2cc(N)cc(C(=O)N[C@H]3C[C@@H](C(=O)N[C@H](C)c4ccc(C)cc4)N(C(=O)[C@@H](NC(=O)[C@H](C)NC)C(C)(C)C)C3)c2)C[C@H]1C(=O)N[C@H](C)c1ccc(C)cc1)C(C)(C)C.Cl. The van der Waals surface area contributed by atoms with Gasteiger partial charge in [-0.25, -0.2) is 0 Å². The fourth-order valence-corrected chi connectivity index (χ4v) is 9.24. The number of nitrogen functional groups attached to an aromatic ring is 1. The van der Waals surface area contributed by atoms with E-state index in [9.17, 15) is 38.4 Å². The molecule has 3 aromatic rings. The Labute approximate surface area is 454 Å². The number of aryl methyl sites for hydroxylation is 2. The van der Waals surface area contributed by atoms with Crippen LogP contribution < -0.4 is 48.3 Å². The molecular formula is C56H82ClN11O8. The molecule has 2 saturated heterocycles. The van der Waals surface area contributed by atoms with Gasteiger partial charge >= 0.3 is 0 Å². The molecule has 3 aromatic carbocycles. The summed E-state index contributed by atoms with van der Waals surface area (Å²) in [5, 5.41) is 23.6. The summed E-state index contributed by atoms with van der Waals surface area (Å²) in [6.45, 7) is 21.7. The van der Waals surface area contributed by atoms with Gasteiger partial charge in [0, 0.05) is 42.0 Å². The number of carbonyl (C=O) groups excluding carboxylic acids is 8. The molecule has 19 nitrogen and oxygen atoms in total. The monoisotopic (exact) mass is 1070 g/mol. The summed E-state index contributed by atoms with van der Waals surface area (Å²) < 4.78 is 0. The van der Waals surface area contributed by atoms with Crippen LogP contribution in [0.3, 0.4) is 0 Å². The Morgan fingerprint density at radius 1 is 0.539 bits per heavy atom. The highest BCUT2D eigenvalue weighted by atomic mass is 35.5. The molecule has 0 aromatic heterocycles. The molecule has 0 aliphatic carbocycles. The third kappa shape index (κ3) is 15.8. The van der Waals surface area contributed by atoms with Crippen LogP contribution in [0.25, 0.3) is 0 Å². The van der Waals surface area contributed by atoms with E-state index in [4.69, 9.17) is 5.73 Å². The van der Waals surface area contributed by atoms with Crippen molar-refractivity contribution in [2.75, 3.05) is 32.9 Å². The second-order valence-electron chi connectivity index (χ2n) is 22.6. The van der Waals surface area contributed by atoms with Gasteiger partial charge in [-0.3, -0.25) is 38.4 Å². The zero-order chi connectivity index (χ0) is 55.9. The van der Waals surface area contributed by atoms with Crippen molar-refractivity contribution >= 4 is 65.4 Å². The quantitative estimate of drug-likeness (QED) is 0.0829. The second kappa shape index (κ2) is 26.0. The molecule has 0 spiro atoms. The number of amides is 8. The number of hydrogen-bond acceptors (Lipinski definition) is 11. The molecule has 2 aliphatic heterocycles. The number of anilines is 1. The average Bonchev–Trinajstić information content (AvgIpc) is 3.98. The first kappa shape index (κ1) is 62.0. The van der Waals surface area contributed by atoms with Crippen LogP contribution in [0.2, 0.25) is 0 Å². The number of hydrogen-bond donors (Lipinski definition) is 9. The first-order valence-electron chi connectivity index (χ1n) is 25.8. The smallest absolute Gasteiger partial charge is 0.251 e. The van der Waals surface area contributed by atoms with E-state index in [-0.39, 0.29) is 55.2 Å². The third-order valence-electron chi connectivity index (χ3n) is 14.2. The number of likely N-dealkylation sites (tertiary alicyclic amines) is 2. The summed E-state index contributed by atoms with van der Waals surface area (Å²) in [6.07, 6.45) is 0.0854. The Morgan fingerprint density at radius 2 is 0.868 bits per heavy atom. The summed E-state index contributed by atoms with van der Waals surface area (Å²) in [7, 11) is 3.27. The molecule has 0 bridgehead atoms. The number of nitrogens with zero attached hydrogens (tertiary/aromatic N) is 2. The lowest BCUT2D eigenvalue weighted by Gasteiger charge is -2.36. The number of likely N-dealkylation sites (N-methyl/N-ethyl adjacent to an activating group) is 2. The number of nitrogens with one attached hydrogen (secondary N) is 8. The Morgan fingerprint density at radius 3 is 1.17 bits per heavy atom. The Balaban J connectivity index is 0.0000125. The lowest BCUT2D eigenvalue weighted by atomic mass is 9.85. The van der Waals surface area contributed by atoms with Crippen molar-refractivity contribution in [2.24, 2.45) is 10.8 Å². The van der Waals surface area contributed by atoms with Gasteiger partial charge in [0.1, 0.15) is 24.2 Å². The molecular weight excluding hydrogens is 990 g/mol. The van der Waals surface area contributed by atoms with Gasteiger partial charge in [0.25, 0.3) is 11.8 Å².